The summed E-state index contributed by atoms with van der Waals surface area (Å²) in [5, 5.41) is 3.08. The fourth-order valence-corrected chi connectivity index (χ4v) is 2.03. The Kier molecular flexibility index (Phi) is 5.10. The lowest BCUT2D eigenvalue weighted by molar-refractivity contribution is -0.138. The Bertz CT molecular complexity index is 755. The topological polar surface area (TPSA) is 51.1 Å². The number of benzene rings is 1. The van der Waals surface area contributed by atoms with Gasteiger partial charge < -0.3 is 9.88 Å². The minimum absolute atomic E-state index is 0.135. The molecule has 122 valence electrons. The lowest BCUT2D eigenvalue weighted by Crippen LogP contribution is -2.29. The van der Waals surface area contributed by atoms with Gasteiger partial charge in [-0.2, -0.15) is 13.2 Å². The van der Waals surface area contributed by atoms with Gasteiger partial charge in [0.15, 0.2) is 0 Å². The Morgan fingerprint density at radius 2 is 1.83 bits per heavy atom. The molecule has 1 amide bonds. The molecule has 0 fully saturated rings. The van der Waals surface area contributed by atoms with Crippen molar-refractivity contribution in [1.82, 2.24) is 4.57 Å². The van der Waals surface area contributed by atoms with E-state index in [1.165, 1.54) is 6.20 Å². The maximum atomic E-state index is 12.6. The number of nitrogens with one attached hydrogen (secondary N) is 1. The van der Waals surface area contributed by atoms with Gasteiger partial charge in [0, 0.05) is 29.9 Å². The lowest BCUT2D eigenvalue weighted by atomic mass is 10.2. The summed E-state index contributed by atoms with van der Waals surface area (Å²) >= 11 is 5.72. The zero-order valence-corrected chi connectivity index (χ0v) is 12.5. The maximum Gasteiger partial charge on any atom is 0.421 e. The molecule has 1 aromatic heterocycles. The van der Waals surface area contributed by atoms with E-state index in [2.05, 4.69) is 5.32 Å². The third kappa shape index (κ3) is 4.59. The first-order valence-corrected chi connectivity index (χ1v) is 6.97. The smallest absolute Gasteiger partial charge is 0.326 e. The Labute approximate surface area is 134 Å². The number of nitrogens with zero attached hydrogens (tertiary/aromatic N) is 1. The second-order valence-electron chi connectivity index (χ2n) is 4.72. The number of halogens is 4. The van der Waals surface area contributed by atoms with E-state index in [1.807, 2.05) is 0 Å². The van der Waals surface area contributed by atoms with Crippen molar-refractivity contribution >= 4 is 23.2 Å². The van der Waals surface area contributed by atoms with Crippen molar-refractivity contribution in [2.75, 3.05) is 5.32 Å². The molecule has 0 saturated heterocycles. The number of carbonyl (C=O) groups excluding carboxylic acids is 1. The van der Waals surface area contributed by atoms with E-state index in [0.717, 1.165) is 10.6 Å². The van der Waals surface area contributed by atoms with E-state index < -0.39 is 23.2 Å². The minimum Gasteiger partial charge on any atom is -0.326 e. The molecule has 0 radical (unpaired) electrons. The number of aryl methyl sites for hydroxylation is 1. The van der Waals surface area contributed by atoms with Gasteiger partial charge in [0.05, 0.1) is 0 Å². The molecule has 0 aliphatic heterocycles. The van der Waals surface area contributed by atoms with Crippen LogP contribution >= 0.6 is 11.6 Å². The predicted octanol–water partition coefficient (Wildman–Crippen LogP) is 3.55. The molecule has 4 nitrogen and oxygen atoms in total. The fourth-order valence-electron chi connectivity index (χ4n) is 1.91. The van der Waals surface area contributed by atoms with Crippen LogP contribution in [0.15, 0.2) is 47.4 Å². The van der Waals surface area contributed by atoms with Crippen molar-refractivity contribution < 1.29 is 18.0 Å². The van der Waals surface area contributed by atoms with E-state index in [1.54, 1.807) is 24.3 Å². The van der Waals surface area contributed by atoms with Crippen molar-refractivity contribution in [2.45, 2.75) is 19.1 Å². The lowest BCUT2D eigenvalue weighted by Gasteiger charge is -2.10. The second-order valence-corrected chi connectivity index (χ2v) is 5.16. The van der Waals surface area contributed by atoms with Gasteiger partial charge in [-0.25, -0.2) is 0 Å². The number of pyridine rings is 1. The normalized spacial score (nSPS) is 11.3. The van der Waals surface area contributed by atoms with Crippen LogP contribution in [-0.4, -0.2) is 10.5 Å². The van der Waals surface area contributed by atoms with Crippen LogP contribution in [0.4, 0.5) is 18.9 Å². The Balaban J connectivity index is 2.02. The van der Waals surface area contributed by atoms with Crippen LogP contribution < -0.4 is 10.9 Å². The molecule has 2 aromatic rings. The van der Waals surface area contributed by atoms with Crippen molar-refractivity contribution in [3.8, 4) is 0 Å². The number of rotatable bonds is 4. The highest BCUT2D eigenvalue weighted by Crippen LogP contribution is 2.26. The molecule has 0 saturated carbocycles. The highest BCUT2D eigenvalue weighted by molar-refractivity contribution is 6.30. The van der Waals surface area contributed by atoms with Crippen LogP contribution in [0.3, 0.4) is 0 Å². The van der Waals surface area contributed by atoms with Gasteiger partial charge in [-0.1, -0.05) is 11.6 Å². The number of aromatic nitrogens is 1. The number of hydrogen-bond donors (Lipinski definition) is 1. The van der Waals surface area contributed by atoms with Gasteiger partial charge in [-0.3, -0.25) is 9.59 Å². The molecule has 0 unspecified atom stereocenters. The van der Waals surface area contributed by atoms with Crippen LogP contribution in [0.25, 0.3) is 0 Å². The van der Waals surface area contributed by atoms with Gasteiger partial charge in [0.2, 0.25) is 5.91 Å². The molecule has 0 aliphatic rings. The predicted molar refractivity (Wildman–Crippen MR) is 80.4 cm³/mol. The van der Waals surface area contributed by atoms with Crippen LogP contribution in [0.2, 0.25) is 5.02 Å². The van der Waals surface area contributed by atoms with Crippen LogP contribution in [0, 0.1) is 0 Å². The average molecular weight is 345 g/mol. The largest absolute Gasteiger partial charge is 0.421 e. The Morgan fingerprint density at radius 1 is 1.17 bits per heavy atom. The molecule has 1 heterocycles. The monoisotopic (exact) mass is 344 g/mol. The summed E-state index contributed by atoms with van der Waals surface area (Å²) in [6, 6.07) is 8.21. The highest BCUT2D eigenvalue weighted by Gasteiger charge is 2.34. The minimum atomic E-state index is -4.72. The molecule has 0 bridgehead atoms. The zero-order valence-electron chi connectivity index (χ0n) is 11.7. The van der Waals surface area contributed by atoms with E-state index in [-0.39, 0.29) is 13.0 Å². The Morgan fingerprint density at radius 3 is 2.43 bits per heavy atom. The zero-order chi connectivity index (χ0) is 17.0. The summed E-state index contributed by atoms with van der Waals surface area (Å²) in [5.41, 5.74) is -1.91. The number of anilines is 1. The third-order valence-corrected chi connectivity index (χ3v) is 3.29. The molecular weight excluding hydrogens is 333 g/mol. The van der Waals surface area contributed by atoms with Gasteiger partial charge in [-0.05, 0) is 36.4 Å². The van der Waals surface area contributed by atoms with Crippen molar-refractivity contribution in [1.29, 1.82) is 0 Å². The molecule has 0 spiro atoms. The van der Waals surface area contributed by atoms with Crippen LogP contribution in [0.1, 0.15) is 12.0 Å². The van der Waals surface area contributed by atoms with E-state index in [4.69, 9.17) is 11.6 Å². The quantitative estimate of drug-likeness (QED) is 0.922. The first kappa shape index (κ1) is 17.1. The fraction of sp³-hybridized carbons (Fsp3) is 0.200. The summed E-state index contributed by atoms with van der Waals surface area (Å²) in [6.07, 6.45) is -3.64. The number of amides is 1. The average Bonchev–Trinajstić information content (AvgIpc) is 2.47. The summed E-state index contributed by atoms with van der Waals surface area (Å²) in [4.78, 5) is 23.5. The first-order chi connectivity index (χ1) is 10.8. The SMILES string of the molecule is O=C(CCn1cccc(C(F)(F)F)c1=O)Nc1ccc(Cl)cc1. The molecule has 0 atom stereocenters. The van der Waals surface area contributed by atoms with E-state index in [9.17, 15) is 22.8 Å². The van der Waals surface area contributed by atoms with E-state index in [0.29, 0.717) is 16.8 Å². The van der Waals surface area contributed by atoms with Crippen molar-refractivity contribution in [3.05, 3.63) is 63.5 Å². The first-order valence-electron chi connectivity index (χ1n) is 6.59. The molecule has 2 rings (SSSR count). The summed E-state index contributed by atoms with van der Waals surface area (Å²) < 4.78 is 38.8. The van der Waals surface area contributed by atoms with Gasteiger partial charge >= 0.3 is 6.18 Å². The Hall–Kier alpha value is -2.28. The van der Waals surface area contributed by atoms with Crippen LogP contribution in [0.5, 0.6) is 0 Å². The summed E-state index contributed by atoms with van der Waals surface area (Å²) in [5.74, 6) is -0.420. The van der Waals surface area contributed by atoms with Crippen molar-refractivity contribution in [2.24, 2.45) is 0 Å². The molecule has 1 aromatic carbocycles. The number of hydrogen-bond acceptors (Lipinski definition) is 2. The number of alkyl halides is 3. The highest BCUT2D eigenvalue weighted by atomic mass is 35.5. The summed E-state index contributed by atoms with van der Waals surface area (Å²) in [7, 11) is 0. The van der Waals surface area contributed by atoms with Gasteiger partial charge in [0.25, 0.3) is 5.56 Å². The molecular formula is C15H12ClF3N2O2. The molecule has 0 aliphatic carbocycles. The van der Waals surface area contributed by atoms with Crippen molar-refractivity contribution in [3.63, 3.8) is 0 Å². The molecule has 1 N–H and O–H groups in total. The van der Waals surface area contributed by atoms with Crippen LogP contribution in [-0.2, 0) is 17.5 Å². The maximum absolute atomic E-state index is 12.6. The van der Waals surface area contributed by atoms with Gasteiger partial charge in [-0.15, -0.1) is 0 Å². The molecule has 23 heavy (non-hydrogen) atoms. The number of carbonyl (C=O) groups is 1. The summed E-state index contributed by atoms with van der Waals surface area (Å²) in [6.45, 7) is -0.151. The third-order valence-electron chi connectivity index (χ3n) is 3.03. The molecule has 8 heteroatoms. The van der Waals surface area contributed by atoms with Gasteiger partial charge in [0.1, 0.15) is 5.56 Å². The second kappa shape index (κ2) is 6.87. The van der Waals surface area contributed by atoms with E-state index >= 15 is 0 Å². The standard InChI is InChI=1S/C15H12ClF3N2O2/c16-10-3-5-11(6-4-10)20-13(22)7-9-21-8-1-2-12(14(21)23)15(17,18)19/h1-6,8H,7,9H2,(H,20,22).